The van der Waals surface area contributed by atoms with Crippen LogP contribution >= 0.6 is 0 Å². The molecule has 0 saturated heterocycles. The van der Waals surface area contributed by atoms with Gasteiger partial charge in [-0.1, -0.05) is 12.5 Å². The first kappa shape index (κ1) is 9.44. The summed E-state index contributed by atoms with van der Waals surface area (Å²) in [5, 5.41) is 9.22. The SMILES string of the molecule is C[C@@H]1CC2=C(C(=O)CC2)[C@]1(C)C(=O)O. The van der Waals surface area contributed by atoms with Crippen LogP contribution in [0, 0.1) is 11.3 Å². The topological polar surface area (TPSA) is 54.4 Å². The van der Waals surface area contributed by atoms with E-state index in [1.807, 2.05) is 6.92 Å². The summed E-state index contributed by atoms with van der Waals surface area (Å²) in [6.45, 7) is 3.60. The predicted octanol–water partition coefficient (Wildman–Crippen LogP) is 1.78. The highest BCUT2D eigenvalue weighted by Crippen LogP contribution is 2.52. The standard InChI is InChI=1S/C11H14O3/c1-6-5-7-3-4-8(12)9(7)11(6,2)10(13)14/h6H,3-5H2,1-2H3,(H,13,14)/t6-,11-/m1/s1. The highest BCUT2D eigenvalue weighted by molar-refractivity contribution is 6.05. The minimum atomic E-state index is -0.928. The summed E-state index contributed by atoms with van der Waals surface area (Å²) in [6.07, 6.45) is 2.07. The number of hydrogen-bond donors (Lipinski definition) is 1. The molecule has 0 bridgehead atoms. The fourth-order valence-corrected chi connectivity index (χ4v) is 2.71. The van der Waals surface area contributed by atoms with Crippen molar-refractivity contribution in [1.29, 1.82) is 0 Å². The van der Waals surface area contributed by atoms with E-state index in [0.717, 1.165) is 18.4 Å². The van der Waals surface area contributed by atoms with Gasteiger partial charge in [0, 0.05) is 12.0 Å². The molecule has 0 unspecified atom stereocenters. The van der Waals surface area contributed by atoms with Crippen LogP contribution in [-0.4, -0.2) is 16.9 Å². The Hall–Kier alpha value is -1.12. The van der Waals surface area contributed by atoms with Crippen molar-refractivity contribution in [2.24, 2.45) is 11.3 Å². The molecule has 0 spiro atoms. The zero-order valence-corrected chi connectivity index (χ0v) is 8.46. The summed E-state index contributed by atoms with van der Waals surface area (Å²) in [6, 6.07) is 0. The molecule has 14 heavy (non-hydrogen) atoms. The molecule has 0 aromatic heterocycles. The van der Waals surface area contributed by atoms with E-state index in [0.29, 0.717) is 12.0 Å². The highest BCUT2D eigenvalue weighted by Gasteiger charge is 2.52. The maximum Gasteiger partial charge on any atom is 0.314 e. The van der Waals surface area contributed by atoms with Crippen molar-refractivity contribution < 1.29 is 14.7 Å². The zero-order valence-electron chi connectivity index (χ0n) is 8.46. The normalized spacial score (nSPS) is 36.4. The van der Waals surface area contributed by atoms with Crippen molar-refractivity contribution in [3.8, 4) is 0 Å². The average Bonchev–Trinajstić information content (AvgIpc) is 2.56. The van der Waals surface area contributed by atoms with Crippen LogP contribution in [0.15, 0.2) is 11.1 Å². The number of carbonyl (C=O) groups excluding carboxylic acids is 1. The second-order valence-electron chi connectivity index (χ2n) is 4.51. The minimum Gasteiger partial charge on any atom is -0.481 e. The van der Waals surface area contributed by atoms with Crippen molar-refractivity contribution in [2.45, 2.75) is 33.1 Å². The van der Waals surface area contributed by atoms with Gasteiger partial charge in [-0.05, 0) is 25.7 Å². The van der Waals surface area contributed by atoms with Gasteiger partial charge in [0.15, 0.2) is 5.78 Å². The van der Waals surface area contributed by atoms with Gasteiger partial charge < -0.3 is 5.11 Å². The highest BCUT2D eigenvalue weighted by atomic mass is 16.4. The van der Waals surface area contributed by atoms with Crippen molar-refractivity contribution in [3.05, 3.63) is 11.1 Å². The van der Waals surface area contributed by atoms with E-state index in [2.05, 4.69) is 0 Å². The molecule has 0 amide bonds. The van der Waals surface area contributed by atoms with Crippen LogP contribution in [0.1, 0.15) is 33.1 Å². The molecule has 0 aromatic rings. The Morgan fingerprint density at radius 3 is 2.71 bits per heavy atom. The lowest BCUT2D eigenvalue weighted by Crippen LogP contribution is -2.35. The molecule has 2 rings (SSSR count). The molecule has 3 nitrogen and oxygen atoms in total. The van der Waals surface area contributed by atoms with Crippen LogP contribution in [-0.2, 0) is 9.59 Å². The number of ketones is 1. The Balaban J connectivity index is 2.51. The van der Waals surface area contributed by atoms with E-state index in [1.165, 1.54) is 0 Å². The number of allylic oxidation sites excluding steroid dienone is 1. The van der Waals surface area contributed by atoms with Crippen LogP contribution in [0.2, 0.25) is 0 Å². The fraction of sp³-hybridized carbons (Fsp3) is 0.636. The van der Waals surface area contributed by atoms with Gasteiger partial charge in [0.05, 0.1) is 5.41 Å². The summed E-state index contributed by atoms with van der Waals surface area (Å²) < 4.78 is 0. The minimum absolute atomic E-state index is 0.0502. The van der Waals surface area contributed by atoms with Gasteiger partial charge in [0.2, 0.25) is 0 Å². The van der Waals surface area contributed by atoms with E-state index < -0.39 is 11.4 Å². The number of Topliss-reactive ketones (excluding diaryl/α,β-unsaturated/α-hetero) is 1. The van der Waals surface area contributed by atoms with Crippen molar-refractivity contribution in [2.75, 3.05) is 0 Å². The number of rotatable bonds is 1. The van der Waals surface area contributed by atoms with Gasteiger partial charge in [-0.2, -0.15) is 0 Å². The van der Waals surface area contributed by atoms with Crippen LogP contribution in [0.4, 0.5) is 0 Å². The van der Waals surface area contributed by atoms with Crippen molar-refractivity contribution in [1.82, 2.24) is 0 Å². The molecule has 2 aliphatic rings. The first-order valence-electron chi connectivity index (χ1n) is 4.97. The quantitative estimate of drug-likeness (QED) is 0.692. The number of aliphatic carboxylic acids is 1. The molecule has 3 heteroatoms. The summed E-state index contributed by atoms with van der Waals surface area (Å²) in [4.78, 5) is 22.8. The third-order valence-electron chi connectivity index (χ3n) is 3.79. The molecule has 0 aliphatic heterocycles. The molecule has 2 aliphatic carbocycles. The summed E-state index contributed by atoms with van der Waals surface area (Å²) >= 11 is 0. The van der Waals surface area contributed by atoms with Gasteiger partial charge in [-0.3, -0.25) is 9.59 Å². The molecule has 0 aromatic carbocycles. The second kappa shape index (κ2) is 2.69. The van der Waals surface area contributed by atoms with Gasteiger partial charge >= 0.3 is 5.97 Å². The van der Waals surface area contributed by atoms with E-state index in [9.17, 15) is 14.7 Å². The fourth-order valence-electron chi connectivity index (χ4n) is 2.71. The Bertz CT molecular complexity index is 354. The Kier molecular flexibility index (Phi) is 1.81. The maximum atomic E-state index is 11.6. The summed E-state index contributed by atoms with van der Waals surface area (Å²) in [5.74, 6) is -0.756. The van der Waals surface area contributed by atoms with Crippen LogP contribution < -0.4 is 0 Å². The number of carboxylic acids is 1. The second-order valence-corrected chi connectivity index (χ2v) is 4.51. The maximum absolute atomic E-state index is 11.6. The number of hydrogen-bond acceptors (Lipinski definition) is 2. The molecular formula is C11H14O3. The molecule has 1 N–H and O–H groups in total. The molecule has 76 valence electrons. The van der Waals surface area contributed by atoms with Crippen molar-refractivity contribution in [3.63, 3.8) is 0 Å². The van der Waals surface area contributed by atoms with Crippen LogP contribution in [0.25, 0.3) is 0 Å². The lowest BCUT2D eigenvalue weighted by atomic mass is 9.75. The molecule has 0 saturated carbocycles. The number of carbonyl (C=O) groups is 2. The van der Waals surface area contributed by atoms with E-state index >= 15 is 0 Å². The van der Waals surface area contributed by atoms with E-state index in [-0.39, 0.29) is 11.7 Å². The van der Waals surface area contributed by atoms with E-state index in [4.69, 9.17) is 0 Å². The summed E-state index contributed by atoms with van der Waals surface area (Å²) in [5.41, 5.74) is 0.771. The van der Waals surface area contributed by atoms with Gasteiger partial charge in [-0.25, -0.2) is 0 Å². The molecular weight excluding hydrogens is 180 g/mol. The van der Waals surface area contributed by atoms with Crippen molar-refractivity contribution >= 4 is 11.8 Å². The largest absolute Gasteiger partial charge is 0.481 e. The van der Waals surface area contributed by atoms with Crippen LogP contribution in [0.3, 0.4) is 0 Å². The Labute approximate surface area is 82.8 Å². The molecule has 2 atom stereocenters. The number of carboxylic acid groups (broad SMARTS) is 1. The molecule has 0 fully saturated rings. The molecule has 0 heterocycles. The van der Waals surface area contributed by atoms with Crippen LogP contribution in [0.5, 0.6) is 0 Å². The Morgan fingerprint density at radius 2 is 2.14 bits per heavy atom. The first-order chi connectivity index (χ1) is 6.48. The first-order valence-corrected chi connectivity index (χ1v) is 4.97. The summed E-state index contributed by atoms with van der Waals surface area (Å²) in [7, 11) is 0. The lowest BCUT2D eigenvalue weighted by molar-refractivity contribution is -0.148. The average molecular weight is 194 g/mol. The molecule has 0 radical (unpaired) electrons. The Morgan fingerprint density at radius 1 is 1.50 bits per heavy atom. The van der Waals surface area contributed by atoms with Gasteiger partial charge in [-0.15, -0.1) is 0 Å². The third kappa shape index (κ3) is 0.925. The lowest BCUT2D eigenvalue weighted by Gasteiger charge is -2.26. The smallest absolute Gasteiger partial charge is 0.314 e. The zero-order chi connectivity index (χ0) is 10.5. The van der Waals surface area contributed by atoms with Gasteiger partial charge in [0.1, 0.15) is 0 Å². The third-order valence-corrected chi connectivity index (χ3v) is 3.79. The van der Waals surface area contributed by atoms with E-state index in [1.54, 1.807) is 6.92 Å². The predicted molar refractivity (Wildman–Crippen MR) is 50.8 cm³/mol. The van der Waals surface area contributed by atoms with Gasteiger partial charge in [0.25, 0.3) is 0 Å². The monoisotopic (exact) mass is 194 g/mol.